The third-order valence-electron chi connectivity index (χ3n) is 3.87. The van der Waals surface area contributed by atoms with E-state index in [9.17, 15) is 9.18 Å². The van der Waals surface area contributed by atoms with Crippen molar-refractivity contribution in [1.29, 1.82) is 0 Å². The molecule has 1 aromatic carbocycles. The molecule has 1 saturated carbocycles. The SMILES string of the molecule is Cc1cc(C2C(N)CC(=O)N2C2CC2)ccc1F. The van der Waals surface area contributed by atoms with Crippen LogP contribution in [-0.4, -0.2) is 22.9 Å². The monoisotopic (exact) mass is 248 g/mol. The summed E-state index contributed by atoms with van der Waals surface area (Å²) in [6.07, 6.45) is 2.53. The predicted molar refractivity (Wildman–Crippen MR) is 66.3 cm³/mol. The number of rotatable bonds is 2. The molecule has 2 N–H and O–H groups in total. The van der Waals surface area contributed by atoms with Crippen LogP contribution in [0.15, 0.2) is 18.2 Å². The molecule has 0 spiro atoms. The van der Waals surface area contributed by atoms with E-state index in [0.717, 1.165) is 18.4 Å². The predicted octanol–water partition coefficient (Wildman–Crippen LogP) is 1.90. The lowest BCUT2D eigenvalue weighted by Crippen LogP contribution is -2.34. The molecule has 1 amide bonds. The minimum atomic E-state index is -0.213. The molecule has 2 atom stereocenters. The number of benzene rings is 1. The Morgan fingerprint density at radius 1 is 1.39 bits per heavy atom. The van der Waals surface area contributed by atoms with Gasteiger partial charge in [0.25, 0.3) is 0 Å². The molecule has 2 unspecified atom stereocenters. The van der Waals surface area contributed by atoms with E-state index in [-0.39, 0.29) is 23.8 Å². The average molecular weight is 248 g/mol. The molecule has 1 heterocycles. The minimum Gasteiger partial charge on any atom is -0.331 e. The minimum absolute atomic E-state index is 0.0794. The van der Waals surface area contributed by atoms with Gasteiger partial charge in [0.2, 0.25) is 5.91 Å². The van der Waals surface area contributed by atoms with Gasteiger partial charge >= 0.3 is 0 Å². The number of aryl methyl sites for hydroxylation is 1. The number of hydrogen-bond acceptors (Lipinski definition) is 2. The van der Waals surface area contributed by atoms with E-state index in [4.69, 9.17) is 5.73 Å². The van der Waals surface area contributed by atoms with E-state index in [2.05, 4.69) is 0 Å². The number of amides is 1. The zero-order chi connectivity index (χ0) is 12.9. The second-order valence-electron chi connectivity index (χ2n) is 5.35. The second kappa shape index (κ2) is 4.05. The number of likely N-dealkylation sites (tertiary alicyclic amines) is 1. The van der Waals surface area contributed by atoms with Gasteiger partial charge in [0.1, 0.15) is 5.82 Å². The largest absolute Gasteiger partial charge is 0.331 e. The molecular formula is C14H17FN2O. The number of nitrogens with two attached hydrogens (primary N) is 1. The molecule has 18 heavy (non-hydrogen) atoms. The first kappa shape index (κ1) is 11.7. The molecule has 1 saturated heterocycles. The van der Waals surface area contributed by atoms with Gasteiger partial charge in [-0.1, -0.05) is 12.1 Å². The smallest absolute Gasteiger partial charge is 0.225 e. The maximum atomic E-state index is 13.3. The number of hydrogen-bond donors (Lipinski definition) is 1. The molecule has 3 rings (SSSR count). The van der Waals surface area contributed by atoms with E-state index < -0.39 is 0 Å². The summed E-state index contributed by atoms with van der Waals surface area (Å²) >= 11 is 0. The summed E-state index contributed by atoms with van der Waals surface area (Å²) in [6, 6.07) is 5.12. The fourth-order valence-corrected chi connectivity index (χ4v) is 2.82. The molecular weight excluding hydrogens is 231 g/mol. The van der Waals surface area contributed by atoms with Crippen LogP contribution in [-0.2, 0) is 4.79 Å². The number of halogens is 1. The number of nitrogens with zero attached hydrogens (tertiary/aromatic N) is 1. The Kier molecular flexibility index (Phi) is 2.63. The summed E-state index contributed by atoms with van der Waals surface area (Å²) in [7, 11) is 0. The van der Waals surface area contributed by atoms with Crippen molar-refractivity contribution in [2.75, 3.05) is 0 Å². The Bertz CT molecular complexity index is 499. The molecule has 0 bridgehead atoms. The Morgan fingerprint density at radius 3 is 2.72 bits per heavy atom. The first-order valence-electron chi connectivity index (χ1n) is 6.40. The van der Waals surface area contributed by atoms with Crippen LogP contribution in [0.1, 0.15) is 36.4 Å². The van der Waals surface area contributed by atoms with Crippen molar-refractivity contribution in [1.82, 2.24) is 4.90 Å². The van der Waals surface area contributed by atoms with Crippen LogP contribution in [0.5, 0.6) is 0 Å². The molecule has 2 aliphatic rings. The van der Waals surface area contributed by atoms with Gasteiger partial charge < -0.3 is 10.6 Å². The summed E-state index contributed by atoms with van der Waals surface area (Å²) in [5.41, 5.74) is 7.65. The van der Waals surface area contributed by atoms with Crippen LogP contribution >= 0.6 is 0 Å². The summed E-state index contributed by atoms with van der Waals surface area (Å²) in [4.78, 5) is 13.9. The Morgan fingerprint density at radius 2 is 2.11 bits per heavy atom. The van der Waals surface area contributed by atoms with Gasteiger partial charge in [-0.2, -0.15) is 0 Å². The zero-order valence-corrected chi connectivity index (χ0v) is 10.4. The van der Waals surface area contributed by atoms with Gasteiger partial charge in [0, 0.05) is 18.5 Å². The quantitative estimate of drug-likeness (QED) is 0.868. The summed E-state index contributed by atoms with van der Waals surface area (Å²) in [5.74, 6) is -0.0772. The normalized spacial score (nSPS) is 27.9. The molecule has 2 fully saturated rings. The van der Waals surface area contributed by atoms with Crippen molar-refractivity contribution in [2.24, 2.45) is 5.73 Å². The highest BCUT2D eigenvalue weighted by atomic mass is 19.1. The van der Waals surface area contributed by atoms with Gasteiger partial charge in [-0.05, 0) is 37.0 Å². The Balaban J connectivity index is 1.97. The van der Waals surface area contributed by atoms with Crippen LogP contribution < -0.4 is 5.73 Å². The van der Waals surface area contributed by atoms with Gasteiger partial charge in [-0.15, -0.1) is 0 Å². The third-order valence-corrected chi connectivity index (χ3v) is 3.87. The van der Waals surface area contributed by atoms with Gasteiger partial charge in [-0.25, -0.2) is 4.39 Å². The van der Waals surface area contributed by atoms with Crippen LogP contribution in [0.25, 0.3) is 0 Å². The van der Waals surface area contributed by atoms with E-state index in [0.29, 0.717) is 18.0 Å². The topological polar surface area (TPSA) is 46.3 Å². The lowest BCUT2D eigenvalue weighted by molar-refractivity contribution is -0.129. The maximum Gasteiger partial charge on any atom is 0.225 e. The van der Waals surface area contributed by atoms with Crippen molar-refractivity contribution in [3.8, 4) is 0 Å². The van der Waals surface area contributed by atoms with E-state index >= 15 is 0 Å². The third kappa shape index (κ3) is 1.81. The second-order valence-corrected chi connectivity index (χ2v) is 5.35. The molecule has 1 aliphatic heterocycles. The van der Waals surface area contributed by atoms with E-state index in [1.54, 1.807) is 13.0 Å². The molecule has 96 valence electrons. The first-order chi connectivity index (χ1) is 8.58. The van der Waals surface area contributed by atoms with E-state index in [1.165, 1.54) is 6.07 Å². The fourth-order valence-electron chi connectivity index (χ4n) is 2.82. The first-order valence-corrected chi connectivity index (χ1v) is 6.40. The van der Waals surface area contributed by atoms with Gasteiger partial charge in [-0.3, -0.25) is 4.79 Å². The van der Waals surface area contributed by atoms with Crippen LogP contribution in [0, 0.1) is 12.7 Å². The number of carbonyl (C=O) groups is 1. The van der Waals surface area contributed by atoms with Crippen molar-refractivity contribution in [2.45, 2.75) is 44.3 Å². The molecule has 4 heteroatoms. The molecule has 1 aliphatic carbocycles. The van der Waals surface area contributed by atoms with Crippen molar-refractivity contribution in [3.63, 3.8) is 0 Å². The molecule has 0 radical (unpaired) electrons. The standard InChI is InChI=1S/C14H17FN2O/c1-8-6-9(2-5-11(8)15)14-12(16)7-13(18)17(14)10-3-4-10/h2,5-6,10,12,14H,3-4,7,16H2,1H3. The summed E-state index contributed by atoms with van der Waals surface area (Å²) in [5, 5.41) is 0. The summed E-state index contributed by atoms with van der Waals surface area (Å²) < 4.78 is 13.3. The van der Waals surface area contributed by atoms with Crippen LogP contribution in [0.3, 0.4) is 0 Å². The van der Waals surface area contributed by atoms with Gasteiger partial charge in [0.15, 0.2) is 0 Å². The number of carbonyl (C=O) groups excluding carboxylic acids is 1. The van der Waals surface area contributed by atoms with Crippen molar-refractivity contribution >= 4 is 5.91 Å². The molecule has 1 aromatic rings. The van der Waals surface area contributed by atoms with Crippen LogP contribution in [0.2, 0.25) is 0 Å². The Hall–Kier alpha value is -1.42. The highest BCUT2D eigenvalue weighted by Crippen LogP contribution is 2.41. The molecule has 3 nitrogen and oxygen atoms in total. The Labute approximate surface area is 106 Å². The lowest BCUT2D eigenvalue weighted by atomic mass is 9.99. The highest BCUT2D eigenvalue weighted by molar-refractivity contribution is 5.81. The average Bonchev–Trinajstić information content (AvgIpc) is 3.09. The zero-order valence-electron chi connectivity index (χ0n) is 10.4. The molecule has 0 aromatic heterocycles. The van der Waals surface area contributed by atoms with Crippen molar-refractivity contribution < 1.29 is 9.18 Å². The lowest BCUT2D eigenvalue weighted by Gasteiger charge is -2.27. The maximum absolute atomic E-state index is 13.3. The highest BCUT2D eigenvalue weighted by Gasteiger charge is 2.45. The fraction of sp³-hybridized carbons (Fsp3) is 0.500. The van der Waals surface area contributed by atoms with Gasteiger partial charge in [0.05, 0.1) is 6.04 Å². The summed E-state index contributed by atoms with van der Waals surface area (Å²) in [6.45, 7) is 1.74. The van der Waals surface area contributed by atoms with Crippen LogP contribution in [0.4, 0.5) is 4.39 Å². The van der Waals surface area contributed by atoms with Crippen molar-refractivity contribution in [3.05, 3.63) is 35.1 Å². The van der Waals surface area contributed by atoms with E-state index in [1.807, 2.05) is 11.0 Å².